The number of benzene rings is 1. The van der Waals surface area contributed by atoms with Crippen molar-refractivity contribution in [2.75, 3.05) is 13.6 Å². The first-order valence-electron chi connectivity index (χ1n) is 15.0. The highest BCUT2D eigenvalue weighted by molar-refractivity contribution is 6.48. The van der Waals surface area contributed by atoms with Gasteiger partial charge in [-0.1, -0.05) is 57.5 Å². The third-order valence-electron chi connectivity index (χ3n) is 9.53. The summed E-state index contributed by atoms with van der Waals surface area (Å²) in [7, 11) is 1.13. The fourth-order valence-corrected chi connectivity index (χ4v) is 7.24. The monoisotopic (exact) mass is 587 g/mol. The molecule has 3 aliphatic carbocycles. The van der Waals surface area contributed by atoms with E-state index in [0.717, 1.165) is 12.8 Å². The summed E-state index contributed by atoms with van der Waals surface area (Å²) in [6.45, 7) is 11.6. The molecule has 9 nitrogen and oxygen atoms in total. The number of rotatable bonds is 12. The summed E-state index contributed by atoms with van der Waals surface area (Å²) >= 11 is 6.28. The van der Waals surface area contributed by atoms with Crippen LogP contribution in [0.5, 0.6) is 0 Å². The average Bonchev–Trinajstić information content (AvgIpc) is 3.28. The Labute approximate surface area is 250 Å². The Balaban J connectivity index is 1.45. The van der Waals surface area contributed by atoms with E-state index in [4.69, 9.17) is 26.3 Å². The molecular formula is C30H47BClN5O4. The molecule has 1 aromatic rings. The Morgan fingerprint density at radius 1 is 1.17 bits per heavy atom. The minimum atomic E-state index is -0.753. The molecule has 4 fully saturated rings. The number of carbonyl (C=O) groups excluding carboxylic acids is 2. The lowest BCUT2D eigenvalue weighted by atomic mass is 9.43. The molecule has 0 radical (unpaired) electrons. The number of nitrogens with one attached hydrogen (secondary N) is 5. The second-order valence-electron chi connectivity index (χ2n) is 13.2. The third kappa shape index (κ3) is 7.03. The van der Waals surface area contributed by atoms with Crippen LogP contribution in [0.4, 0.5) is 0 Å². The van der Waals surface area contributed by atoms with Crippen molar-refractivity contribution < 1.29 is 18.9 Å². The fraction of sp³-hybridized carbons (Fsp3) is 0.700. The van der Waals surface area contributed by atoms with E-state index < -0.39 is 13.2 Å². The summed E-state index contributed by atoms with van der Waals surface area (Å²) in [4.78, 5) is 26.8. The van der Waals surface area contributed by atoms with Crippen molar-refractivity contribution >= 4 is 36.5 Å². The zero-order valence-corrected chi connectivity index (χ0v) is 26.1. The van der Waals surface area contributed by atoms with E-state index >= 15 is 0 Å². The molecule has 41 heavy (non-hydrogen) atoms. The molecule has 0 unspecified atom stereocenters. The minimum absolute atomic E-state index is 0.0236. The lowest BCUT2D eigenvalue weighted by Gasteiger charge is -2.64. The van der Waals surface area contributed by atoms with Gasteiger partial charge in [-0.3, -0.25) is 15.0 Å². The molecule has 1 saturated heterocycles. The lowest BCUT2D eigenvalue weighted by Crippen LogP contribution is -2.65. The van der Waals surface area contributed by atoms with Crippen LogP contribution in [0.2, 0.25) is 5.02 Å². The number of amides is 2. The maximum Gasteiger partial charge on any atom is 0.481 e. The molecule has 4 aliphatic rings. The number of halogens is 1. The van der Waals surface area contributed by atoms with Gasteiger partial charge >= 0.3 is 7.12 Å². The van der Waals surface area contributed by atoms with Gasteiger partial charge in [-0.2, -0.15) is 0 Å². The molecule has 1 heterocycles. The maximum atomic E-state index is 13.8. The Bertz CT molecular complexity index is 1120. The van der Waals surface area contributed by atoms with Gasteiger partial charge in [0.15, 0.2) is 5.96 Å². The summed E-state index contributed by atoms with van der Waals surface area (Å²) in [5, 5.41) is 20.1. The SMILES string of the molecule is CNC(=N)NCCC[C@H](NC(=O)Cc1ccccc1Cl)C(=O)N[C@@H](CC(C)C)B1O[C@@H]2C[C@@H]3C[C@@H](C3(C)C)[C@]2(C)O1. The second-order valence-corrected chi connectivity index (χ2v) is 13.6. The summed E-state index contributed by atoms with van der Waals surface area (Å²) < 4.78 is 13.3. The lowest BCUT2D eigenvalue weighted by molar-refractivity contribution is -0.199. The molecule has 2 bridgehead atoms. The minimum Gasteiger partial charge on any atom is -0.404 e. The highest BCUT2D eigenvalue weighted by atomic mass is 35.5. The van der Waals surface area contributed by atoms with Crippen LogP contribution in [0.15, 0.2) is 24.3 Å². The standard InChI is InChI=1S/C30H47BClN5O4/c1-18(2)14-25(31-40-24-17-20-16-23(29(20,3)4)30(24,5)41-31)37-27(39)22(12-9-13-35-28(33)34-6)36-26(38)15-19-10-7-8-11-21(19)32/h7-8,10-11,18,20,22-25H,9,12-17H2,1-6H3,(H,36,38)(H,37,39)(H3,33,34,35)/t20-,22-,23-,24+,25-,30-/m0/s1. The van der Waals surface area contributed by atoms with Crippen molar-refractivity contribution in [3.05, 3.63) is 34.9 Å². The summed E-state index contributed by atoms with van der Waals surface area (Å²) in [6.07, 6.45) is 3.92. The molecule has 5 rings (SSSR count). The molecule has 1 aromatic carbocycles. The van der Waals surface area contributed by atoms with E-state index in [0.29, 0.717) is 54.1 Å². The molecule has 6 atom stereocenters. The van der Waals surface area contributed by atoms with Gasteiger partial charge < -0.3 is 30.6 Å². The van der Waals surface area contributed by atoms with Gasteiger partial charge in [-0.05, 0) is 73.8 Å². The van der Waals surface area contributed by atoms with Gasteiger partial charge in [0.1, 0.15) is 6.04 Å². The molecule has 11 heteroatoms. The van der Waals surface area contributed by atoms with Crippen molar-refractivity contribution in [3.8, 4) is 0 Å². The summed E-state index contributed by atoms with van der Waals surface area (Å²) in [5.41, 5.74) is 0.571. The van der Waals surface area contributed by atoms with E-state index in [9.17, 15) is 9.59 Å². The first kappa shape index (κ1) is 31.6. The van der Waals surface area contributed by atoms with Crippen LogP contribution in [0.1, 0.15) is 72.3 Å². The van der Waals surface area contributed by atoms with Crippen molar-refractivity contribution in [2.24, 2.45) is 23.2 Å². The summed E-state index contributed by atoms with van der Waals surface area (Å²) in [5.74, 6) is 0.702. The number of guanidine groups is 1. The van der Waals surface area contributed by atoms with Crippen molar-refractivity contribution in [2.45, 2.75) is 96.8 Å². The average molecular weight is 588 g/mol. The van der Waals surface area contributed by atoms with Crippen LogP contribution in [0, 0.1) is 28.6 Å². The Morgan fingerprint density at radius 3 is 2.56 bits per heavy atom. The van der Waals surface area contributed by atoms with Crippen LogP contribution in [-0.4, -0.2) is 62.2 Å². The Hall–Kier alpha value is -2.30. The van der Waals surface area contributed by atoms with Crippen LogP contribution in [-0.2, 0) is 25.3 Å². The van der Waals surface area contributed by atoms with E-state index in [1.54, 1.807) is 13.1 Å². The highest BCUT2D eigenvalue weighted by Crippen LogP contribution is 2.65. The zero-order valence-electron chi connectivity index (χ0n) is 25.3. The number of hydrogen-bond donors (Lipinski definition) is 5. The van der Waals surface area contributed by atoms with Gasteiger partial charge in [0.25, 0.3) is 0 Å². The Morgan fingerprint density at radius 2 is 1.90 bits per heavy atom. The molecule has 2 amide bonds. The topological polar surface area (TPSA) is 125 Å². The normalized spacial score (nSPS) is 27.3. The van der Waals surface area contributed by atoms with E-state index in [2.05, 4.69) is 55.9 Å². The zero-order chi connectivity index (χ0) is 29.9. The molecule has 5 N–H and O–H groups in total. The smallest absolute Gasteiger partial charge is 0.404 e. The van der Waals surface area contributed by atoms with Gasteiger partial charge in [0.05, 0.1) is 24.1 Å². The predicted molar refractivity (Wildman–Crippen MR) is 163 cm³/mol. The predicted octanol–water partition coefficient (Wildman–Crippen LogP) is 3.69. The van der Waals surface area contributed by atoms with Crippen LogP contribution in [0.25, 0.3) is 0 Å². The molecule has 1 aliphatic heterocycles. The molecular weight excluding hydrogens is 541 g/mol. The maximum absolute atomic E-state index is 13.8. The van der Waals surface area contributed by atoms with E-state index in [1.807, 2.05) is 18.2 Å². The molecule has 3 saturated carbocycles. The molecule has 0 spiro atoms. The van der Waals surface area contributed by atoms with Crippen LogP contribution >= 0.6 is 11.6 Å². The summed E-state index contributed by atoms with van der Waals surface area (Å²) in [6, 6.07) is 6.46. The van der Waals surface area contributed by atoms with Gasteiger partial charge in [0.2, 0.25) is 11.8 Å². The highest BCUT2D eigenvalue weighted by Gasteiger charge is 2.68. The molecule has 0 aromatic heterocycles. The van der Waals surface area contributed by atoms with Crippen molar-refractivity contribution in [3.63, 3.8) is 0 Å². The number of carbonyl (C=O) groups is 2. The van der Waals surface area contributed by atoms with Gasteiger partial charge in [-0.15, -0.1) is 0 Å². The third-order valence-corrected chi connectivity index (χ3v) is 9.90. The van der Waals surface area contributed by atoms with Gasteiger partial charge in [-0.25, -0.2) is 0 Å². The fourth-order valence-electron chi connectivity index (χ4n) is 7.04. The quantitative estimate of drug-likeness (QED) is 0.110. The van der Waals surface area contributed by atoms with Gasteiger partial charge in [0, 0.05) is 18.6 Å². The van der Waals surface area contributed by atoms with E-state index in [-0.39, 0.29) is 47.3 Å². The first-order chi connectivity index (χ1) is 19.3. The van der Waals surface area contributed by atoms with Crippen LogP contribution < -0.4 is 21.3 Å². The second kappa shape index (κ2) is 12.9. The first-order valence-corrected chi connectivity index (χ1v) is 15.4. The Kier molecular flexibility index (Phi) is 9.97. The van der Waals surface area contributed by atoms with Crippen molar-refractivity contribution in [1.29, 1.82) is 5.41 Å². The molecule has 226 valence electrons. The largest absolute Gasteiger partial charge is 0.481 e. The number of hydrogen-bond acceptors (Lipinski definition) is 5. The van der Waals surface area contributed by atoms with Crippen LogP contribution in [0.3, 0.4) is 0 Å². The van der Waals surface area contributed by atoms with Crippen molar-refractivity contribution in [1.82, 2.24) is 21.3 Å². The van der Waals surface area contributed by atoms with E-state index in [1.165, 1.54) is 0 Å².